The second-order valence-corrected chi connectivity index (χ2v) is 3.73. The van der Waals surface area contributed by atoms with Crippen LogP contribution in [0.25, 0.3) is 0 Å². The number of nitrogens with zero attached hydrogens (tertiary/aromatic N) is 2. The van der Waals surface area contributed by atoms with E-state index in [1.165, 1.54) is 0 Å². The van der Waals surface area contributed by atoms with Crippen molar-refractivity contribution < 1.29 is 18.8 Å². The molecular weight excluding hydrogens is 226 g/mol. The van der Waals surface area contributed by atoms with Gasteiger partial charge in [0.25, 0.3) is 5.82 Å². The van der Waals surface area contributed by atoms with Crippen LogP contribution in [0.15, 0.2) is 4.52 Å². The van der Waals surface area contributed by atoms with Gasteiger partial charge < -0.3 is 19.3 Å². The smallest absolute Gasteiger partial charge is 0.379 e. The number of nitrogens with one attached hydrogen (secondary N) is 1. The van der Waals surface area contributed by atoms with Gasteiger partial charge in [0.2, 0.25) is 5.89 Å². The van der Waals surface area contributed by atoms with Crippen LogP contribution in [0, 0.1) is 0 Å². The van der Waals surface area contributed by atoms with E-state index in [9.17, 15) is 4.79 Å². The Labute approximate surface area is 98.5 Å². The van der Waals surface area contributed by atoms with Crippen molar-refractivity contribution in [3.05, 3.63) is 11.7 Å². The Balaban J connectivity index is 2.01. The van der Waals surface area contributed by atoms with Gasteiger partial charge in [0.1, 0.15) is 0 Å². The molecule has 2 rings (SSSR count). The Kier molecular flexibility index (Phi) is 3.70. The van der Waals surface area contributed by atoms with Crippen LogP contribution in [0.1, 0.15) is 35.9 Å². The van der Waals surface area contributed by atoms with E-state index >= 15 is 0 Å². The molecule has 7 nitrogen and oxygen atoms in total. The molecule has 2 atom stereocenters. The van der Waals surface area contributed by atoms with Crippen molar-refractivity contribution in [2.45, 2.75) is 25.5 Å². The van der Waals surface area contributed by atoms with Crippen molar-refractivity contribution >= 4 is 5.97 Å². The van der Waals surface area contributed by atoms with Gasteiger partial charge in [-0.2, -0.15) is 4.98 Å². The Bertz CT molecular complexity index is 393. The maximum atomic E-state index is 11.3. The average Bonchev–Trinajstić information content (AvgIpc) is 2.98. The minimum Gasteiger partial charge on any atom is -0.460 e. The molecule has 0 unspecified atom stereocenters. The Morgan fingerprint density at radius 1 is 1.65 bits per heavy atom. The zero-order valence-electron chi connectivity index (χ0n) is 9.80. The first-order chi connectivity index (χ1) is 8.24. The van der Waals surface area contributed by atoms with Crippen LogP contribution in [0.5, 0.6) is 0 Å². The van der Waals surface area contributed by atoms with Crippen LogP contribution in [0.2, 0.25) is 0 Å². The fourth-order valence-electron chi connectivity index (χ4n) is 1.73. The lowest BCUT2D eigenvalue weighted by atomic mass is 10.2. The van der Waals surface area contributed by atoms with Crippen LogP contribution in [0.3, 0.4) is 0 Å². The summed E-state index contributed by atoms with van der Waals surface area (Å²) >= 11 is 0. The second-order valence-electron chi connectivity index (χ2n) is 3.73. The topological polar surface area (TPSA) is 86.5 Å². The first kappa shape index (κ1) is 12.0. The molecule has 0 spiro atoms. The molecule has 0 radical (unpaired) electrons. The number of ether oxygens (including phenoxy) is 2. The molecule has 1 N–H and O–H groups in total. The molecule has 0 bridgehead atoms. The largest absolute Gasteiger partial charge is 0.460 e. The summed E-state index contributed by atoms with van der Waals surface area (Å²) in [6.45, 7) is 2.75. The maximum Gasteiger partial charge on any atom is 0.379 e. The average molecular weight is 241 g/mol. The van der Waals surface area contributed by atoms with E-state index in [0.29, 0.717) is 5.89 Å². The van der Waals surface area contributed by atoms with E-state index in [0.717, 1.165) is 13.0 Å². The number of methoxy groups -OCH3 is 1. The van der Waals surface area contributed by atoms with Gasteiger partial charge in [0.05, 0.1) is 18.8 Å². The van der Waals surface area contributed by atoms with Crippen molar-refractivity contribution in [1.82, 2.24) is 15.5 Å². The molecule has 94 valence electrons. The van der Waals surface area contributed by atoms with Crippen LogP contribution in [-0.4, -0.2) is 42.5 Å². The summed E-state index contributed by atoms with van der Waals surface area (Å²) in [5.41, 5.74) is 0. The monoisotopic (exact) mass is 241 g/mol. The van der Waals surface area contributed by atoms with E-state index in [1.54, 1.807) is 14.0 Å². The highest BCUT2D eigenvalue weighted by Gasteiger charge is 2.30. The first-order valence-corrected chi connectivity index (χ1v) is 5.51. The highest BCUT2D eigenvalue weighted by atomic mass is 16.5. The van der Waals surface area contributed by atoms with Gasteiger partial charge in [-0.3, -0.25) is 0 Å². The lowest BCUT2D eigenvalue weighted by Gasteiger charge is -2.04. The molecule has 1 fully saturated rings. The van der Waals surface area contributed by atoms with Crippen molar-refractivity contribution in [1.29, 1.82) is 0 Å². The van der Waals surface area contributed by atoms with E-state index in [1.807, 2.05) is 0 Å². The Morgan fingerprint density at radius 2 is 2.47 bits per heavy atom. The molecule has 1 aliphatic rings. The maximum absolute atomic E-state index is 11.3. The fraction of sp³-hybridized carbons (Fsp3) is 0.700. The molecule has 1 saturated heterocycles. The first-order valence-electron chi connectivity index (χ1n) is 5.51. The predicted octanol–water partition coefficient (Wildman–Crippen LogP) is 0.296. The van der Waals surface area contributed by atoms with E-state index < -0.39 is 5.97 Å². The van der Waals surface area contributed by atoms with Gasteiger partial charge >= 0.3 is 5.97 Å². The lowest BCUT2D eigenvalue weighted by Crippen LogP contribution is -2.16. The van der Waals surface area contributed by atoms with E-state index in [-0.39, 0.29) is 24.6 Å². The van der Waals surface area contributed by atoms with Crippen LogP contribution in [0.4, 0.5) is 0 Å². The molecule has 2 heterocycles. The molecule has 0 aromatic carbocycles. The van der Waals surface area contributed by atoms with Gasteiger partial charge in [-0.15, -0.1) is 0 Å². The van der Waals surface area contributed by atoms with E-state index in [2.05, 4.69) is 15.5 Å². The number of rotatable bonds is 4. The number of hydrogen-bond acceptors (Lipinski definition) is 7. The van der Waals surface area contributed by atoms with E-state index in [4.69, 9.17) is 14.0 Å². The van der Waals surface area contributed by atoms with Crippen molar-refractivity contribution in [3.63, 3.8) is 0 Å². The molecule has 7 heteroatoms. The minimum absolute atomic E-state index is 0.0375. The number of carbonyl (C=O) groups is 1. The highest BCUT2D eigenvalue weighted by molar-refractivity contribution is 5.84. The minimum atomic E-state index is -0.566. The Morgan fingerprint density at radius 3 is 3.12 bits per heavy atom. The lowest BCUT2D eigenvalue weighted by molar-refractivity contribution is 0.0508. The summed E-state index contributed by atoms with van der Waals surface area (Å²) < 4.78 is 15.0. The molecule has 1 aliphatic heterocycles. The molecule has 0 aliphatic carbocycles. The van der Waals surface area contributed by atoms with Gasteiger partial charge in [0, 0.05) is 13.7 Å². The third kappa shape index (κ3) is 2.62. The fourth-order valence-corrected chi connectivity index (χ4v) is 1.73. The standard InChI is InChI=1S/C10H15N3O4/c1-3-16-10(14)8-12-9(17-13-8)7-4-6(15-2)5-11-7/h6-7,11H,3-5H2,1-2H3/t6-,7+/m0/s1. The Hall–Kier alpha value is -1.47. The van der Waals surface area contributed by atoms with Gasteiger partial charge in [-0.25, -0.2) is 4.79 Å². The van der Waals surface area contributed by atoms with Crippen LogP contribution in [-0.2, 0) is 9.47 Å². The molecule has 0 saturated carbocycles. The normalized spacial score (nSPS) is 23.9. The SMILES string of the molecule is CCOC(=O)c1noc([C@H]2C[C@H](OC)CN2)n1. The third-order valence-electron chi connectivity index (χ3n) is 2.62. The zero-order valence-corrected chi connectivity index (χ0v) is 9.80. The number of hydrogen-bond donors (Lipinski definition) is 1. The van der Waals surface area contributed by atoms with Gasteiger partial charge in [0.15, 0.2) is 0 Å². The summed E-state index contributed by atoms with van der Waals surface area (Å²) in [4.78, 5) is 15.4. The molecule has 1 aromatic rings. The predicted molar refractivity (Wildman–Crippen MR) is 56.4 cm³/mol. The number of esters is 1. The van der Waals surface area contributed by atoms with Crippen molar-refractivity contribution in [3.8, 4) is 0 Å². The molecule has 0 amide bonds. The molecule has 1 aromatic heterocycles. The molecule has 17 heavy (non-hydrogen) atoms. The summed E-state index contributed by atoms with van der Waals surface area (Å²) in [6, 6.07) is -0.0596. The summed E-state index contributed by atoms with van der Waals surface area (Å²) in [5, 5.41) is 6.77. The van der Waals surface area contributed by atoms with Crippen molar-refractivity contribution in [2.75, 3.05) is 20.3 Å². The van der Waals surface area contributed by atoms with Crippen LogP contribution >= 0.6 is 0 Å². The van der Waals surface area contributed by atoms with Gasteiger partial charge in [-0.05, 0) is 18.5 Å². The van der Waals surface area contributed by atoms with Crippen molar-refractivity contribution in [2.24, 2.45) is 0 Å². The molecular formula is C10H15N3O4. The summed E-state index contributed by atoms with van der Waals surface area (Å²) in [6.07, 6.45) is 0.888. The quantitative estimate of drug-likeness (QED) is 0.758. The summed E-state index contributed by atoms with van der Waals surface area (Å²) in [5.74, 6) is -0.207. The number of aromatic nitrogens is 2. The highest BCUT2D eigenvalue weighted by Crippen LogP contribution is 2.23. The second kappa shape index (κ2) is 5.24. The van der Waals surface area contributed by atoms with Gasteiger partial charge in [-0.1, -0.05) is 0 Å². The third-order valence-corrected chi connectivity index (χ3v) is 2.62. The number of carbonyl (C=O) groups excluding carboxylic acids is 1. The zero-order chi connectivity index (χ0) is 12.3. The summed E-state index contributed by atoms with van der Waals surface area (Å²) in [7, 11) is 1.66. The van der Waals surface area contributed by atoms with Crippen LogP contribution < -0.4 is 5.32 Å².